The van der Waals surface area contributed by atoms with E-state index in [0.29, 0.717) is 23.5 Å². The zero-order valence-electron chi connectivity index (χ0n) is 23.5. The zero-order valence-corrected chi connectivity index (χ0v) is 23.5. The van der Waals surface area contributed by atoms with Gasteiger partial charge in [0.2, 0.25) is 0 Å². The number of carbonyl (C=O) groups excluding carboxylic acids is 2. The molecule has 0 aromatic carbocycles. The molecular formula is C32H53NO3. The van der Waals surface area contributed by atoms with E-state index in [2.05, 4.69) is 26.1 Å². The largest absolute Gasteiger partial charge is 0.446 e. The number of unbranched alkanes of at least 4 members (excludes halogenated alkanes) is 9. The van der Waals surface area contributed by atoms with E-state index < -0.39 is 0 Å². The second-order valence-electron chi connectivity index (χ2n) is 13.1. The highest BCUT2D eigenvalue weighted by atomic mass is 16.6. The summed E-state index contributed by atoms with van der Waals surface area (Å²) in [6, 6.07) is 0. The van der Waals surface area contributed by atoms with E-state index in [9.17, 15) is 9.59 Å². The number of rotatable bonds is 12. The Bertz CT molecular complexity index is 790. The molecular weight excluding hydrogens is 446 g/mol. The number of hydrogen-bond donors (Lipinski definition) is 1. The van der Waals surface area contributed by atoms with Gasteiger partial charge in [0.1, 0.15) is 6.10 Å². The summed E-state index contributed by atoms with van der Waals surface area (Å²) in [7, 11) is 0. The third-order valence-corrected chi connectivity index (χ3v) is 10.9. The van der Waals surface area contributed by atoms with Gasteiger partial charge in [-0.3, -0.25) is 4.79 Å². The van der Waals surface area contributed by atoms with Crippen LogP contribution in [0.2, 0.25) is 0 Å². The predicted molar refractivity (Wildman–Crippen MR) is 147 cm³/mol. The highest BCUT2D eigenvalue weighted by molar-refractivity contribution is 5.91. The summed E-state index contributed by atoms with van der Waals surface area (Å²) < 4.78 is 6.10. The Kier molecular flexibility index (Phi) is 9.61. The molecule has 4 nitrogen and oxygen atoms in total. The number of alkyl carbamates (subject to hydrolysis) is 1. The Morgan fingerprint density at radius 3 is 2.31 bits per heavy atom. The van der Waals surface area contributed by atoms with Gasteiger partial charge in [-0.15, -0.1) is 0 Å². The molecule has 1 amide bonds. The fraction of sp³-hybridized carbons (Fsp3) is 0.875. The number of fused-ring (bicyclic) bond motifs is 5. The lowest BCUT2D eigenvalue weighted by atomic mass is 9.47. The van der Waals surface area contributed by atoms with Crippen molar-refractivity contribution in [2.75, 3.05) is 6.54 Å². The number of hydrogen-bond acceptors (Lipinski definition) is 3. The van der Waals surface area contributed by atoms with Crippen LogP contribution >= 0.6 is 0 Å². The highest BCUT2D eigenvalue weighted by Gasteiger charge is 2.60. The molecule has 36 heavy (non-hydrogen) atoms. The number of ketones is 1. The molecule has 0 radical (unpaired) electrons. The highest BCUT2D eigenvalue weighted by Crippen LogP contribution is 2.65. The van der Waals surface area contributed by atoms with E-state index in [4.69, 9.17) is 4.74 Å². The van der Waals surface area contributed by atoms with Crippen LogP contribution in [0.5, 0.6) is 0 Å². The van der Waals surface area contributed by atoms with Gasteiger partial charge < -0.3 is 10.1 Å². The summed E-state index contributed by atoms with van der Waals surface area (Å²) in [4.78, 5) is 24.7. The van der Waals surface area contributed by atoms with Gasteiger partial charge in [-0.05, 0) is 80.6 Å². The summed E-state index contributed by atoms with van der Waals surface area (Å²) >= 11 is 0. The van der Waals surface area contributed by atoms with Gasteiger partial charge in [0.05, 0.1) is 0 Å². The number of ether oxygens (including phenoxy) is 1. The number of nitrogens with one attached hydrogen (secondary N) is 1. The fourth-order valence-corrected chi connectivity index (χ4v) is 8.68. The summed E-state index contributed by atoms with van der Waals surface area (Å²) in [5.74, 6) is 2.38. The maximum Gasteiger partial charge on any atom is 0.407 e. The van der Waals surface area contributed by atoms with Crippen LogP contribution < -0.4 is 5.32 Å². The van der Waals surface area contributed by atoms with Gasteiger partial charge in [0.15, 0.2) is 5.78 Å². The van der Waals surface area contributed by atoms with Crippen LogP contribution in [0.3, 0.4) is 0 Å². The fourth-order valence-electron chi connectivity index (χ4n) is 8.68. The molecule has 0 spiro atoms. The van der Waals surface area contributed by atoms with E-state index in [0.717, 1.165) is 45.1 Å². The van der Waals surface area contributed by atoms with Crippen molar-refractivity contribution >= 4 is 11.9 Å². The minimum atomic E-state index is -0.202. The molecule has 6 atom stereocenters. The van der Waals surface area contributed by atoms with Crippen LogP contribution in [-0.4, -0.2) is 24.5 Å². The van der Waals surface area contributed by atoms with Gasteiger partial charge in [-0.1, -0.05) is 84.1 Å². The van der Waals surface area contributed by atoms with Crippen molar-refractivity contribution in [1.29, 1.82) is 0 Å². The Labute approximate surface area is 220 Å². The van der Waals surface area contributed by atoms with Gasteiger partial charge in [-0.25, -0.2) is 4.79 Å². The van der Waals surface area contributed by atoms with E-state index in [1.165, 1.54) is 82.6 Å². The monoisotopic (exact) mass is 499 g/mol. The molecule has 4 aliphatic carbocycles. The van der Waals surface area contributed by atoms with Gasteiger partial charge >= 0.3 is 6.09 Å². The van der Waals surface area contributed by atoms with Crippen LogP contribution in [-0.2, 0) is 9.53 Å². The van der Waals surface area contributed by atoms with Crippen molar-refractivity contribution in [1.82, 2.24) is 5.32 Å². The summed E-state index contributed by atoms with van der Waals surface area (Å²) in [5.41, 5.74) is 1.75. The molecule has 4 aliphatic rings. The smallest absolute Gasteiger partial charge is 0.407 e. The molecule has 1 N–H and O–H groups in total. The third-order valence-electron chi connectivity index (χ3n) is 10.9. The molecule has 3 fully saturated rings. The lowest BCUT2D eigenvalue weighted by Crippen LogP contribution is -2.52. The molecule has 4 rings (SSSR count). The Balaban J connectivity index is 1.17. The lowest BCUT2D eigenvalue weighted by Gasteiger charge is -2.57. The predicted octanol–water partition coefficient (Wildman–Crippen LogP) is 8.53. The molecule has 0 bridgehead atoms. The maximum atomic E-state index is 12.7. The van der Waals surface area contributed by atoms with Crippen LogP contribution in [0.25, 0.3) is 0 Å². The van der Waals surface area contributed by atoms with Crippen molar-refractivity contribution in [3.8, 4) is 0 Å². The summed E-state index contributed by atoms with van der Waals surface area (Å²) in [5, 5.41) is 3.05. The minimum Gasteiger partial charge on any atom is -0.446 e. The van der Waals surface area contributed by atoms with Gasteiger partial charge in [-0.2, -0.15) is 0 Å². The van der Waals surface area contributed by atoms with Crippen LogP contribution in [0, 0.1) is 28.6 Å². The molecule has 0 saturated heterocycles. The first-order valence-corrected chi connectivity index (χ1v) is 15.6. The molecule has 3 saturated carbocycles. The zero-order chi connectivity index (χ0) is 25.6. The lowest BCUT2D eigenvalue weighted by molar-refractivity contribution is -0.118. The Morgan fingerprint density at radius 1 is 0.889 bits per heavy atom. The van der Waals surface area contributed by atoms with Crippen molar-refractivity contribution in [3.63, 3.8) is 0 Å². The normalized spacial score (nSPS) is 35.4. The number of amides is 1. The standard InChI is InChI=1S/C32H53NO3/c1-4-5-6-7-8-9-10-11-12-13-22-33-30(35)36-29-17-16-27-26-15-14-24-23-25(34)18-20-31(24,2)28(26)19-21-32(27,29)3/h23,26-29H,4-22H2,1-3H3,(H,33,35)/t26?,27?,28?,29-,31-,32-/m0/s1. The summed E-state index contributed by atoms with van der Waals surface area (Å²) in [6.45, 7) is 7.85. The molecule has 4 heteroatoms. The van der Waals surface area contributed by atoms with Crippen LogP contribution in [0.4, 0.5) is 4.79 Å². The first kappa shape index (κ1) is 27.7. The second-order valence-corrected chi connectivity index (χ2v) is 13.1. The van der Waals surface area contributed by atoms with Crippen molar-refractivity contribution in [2.45, 2.75) is 142 Å². The molecule has 3 unspecified atom stereocenters. The first-order valence-electron chi connectivity index (χ1n) is 15.6. The van der Waals surface area contributed by atoms with Crippen molar-refractivity contribution in [3.05, 3.63) is 11.6 Å². The topological polar surface area (TPSA) is 55.4 Å². The second kappa shape index (κ2) is 12.5. The van der Waals surface area contributed by atoms with Gasteiger partial charge in [0.25, 0.3) is 0 Å². The summed E-state index contributed by atoms with van der Waals surface area (Å²) in [6.07, 6.45) is 23.5. The van der Waals surface area contributed by atoms with E-state index in [1.807, 2.05) is 6.08 Å². The number of carbonyl (C=O) groups is 2. The van der Waals surface area contributed by atoms with E-state index in [1.54, 1.807) is 0 Å². The Hall–Kier alpha value is -1.32. The van der Waals surface area contributed by atoms with Gasteiger partial charge in [0, 0.05) is 18.4 Å². The van der Waals surface area contributed by atoms with Crippen molar-refractivity contribution in [2.24, 2.45) is 28.6 Å². The van der Waals surface area contributed by atoms with E-state index >= 15 is 0 Å². The third kappa shape index (κ3) is 6.04. The molecule has 0 aromatic rings. The number of allylic oxidation sites excluding steroid dienone is 1. The minimum absolute atomic E-state index is 0.0498. The average molecular weight is 500 g/mol. The SMILES string of the molecule is CCCCCCCCCCCCNC(=O)O[C@H]1CCC2C3CCC4=CC(=O)CC[C@]4(C)C3CC[C@@]21C. The van der Waals surface area contributed by atoms with Crippen LogP contribution in [0.15, 0.2) is 11.6 Å². The van der Waals surface area contributed by atoms with E-state index in [-0.39, 0.29) is 23.0 Å². The maximum absolute atomic E-state index is 12.7. The average Bonchev–Trinajstić information content (AvgIpc) is 3.19. The van der Waals surface area contributed by atoms with Crippen molar-refractivity contribution < 1.29 is 14.3 Å². The van der Waals surface area contributed by atoms with Crippen LogP contribution in [0.1, 0.15) is 136 Å². The molecule has 0 aromatic heterocycles. The first-order chi connectivity index (χ1) is 17.4. The molecule has 0 heterocycles. The molecule has 204 valence electrons. The molecule has 0 aliphatic heterocycles. The Morgan fingerprint density at radius 2 is 1.58 bits per heavy atom. The quantitative estimate of drug-likeness (QED) is 0.274.